The average molecular weight is 431 g/mol. The normalized spacial score (nSPS) is 11.0. The fraction of sp³-hybridized carbons (Fsp3) is 0.150. The van der Waals surface area contributed by atoms with E-state index in [0.29, 0.717) is 21.3 Å². The van der Waals surface area contributed by atoms with Gasteiger partial charge in [0.2, 0.25) is 0 Å². The van der Waals surface area contributed by atoms with Crippen LogP contribution in [0, 0.1) is 12.7 Å². The zero-order valence-corrected chi connectivity index (χ0v) is 17.1. The Hall–Kier alpha value is -2.97. The second kappa shape index (κ2) is 7.81. The smallest absolute Gasteiger partial charge is 0.412 e. The minimum absolute atomic E-state index is 0.118. The zero-order valence-electron chi connectivity index (χ0n) is 15.6. The minimum Gasteiger partial charge on any atom is -0.444 e. The van der Waals surface area contributed by atoms with Crippen molar-refractivity contribution in [2.45, 2.75) is 13.5 Å². The number of carbonyl (C=O) groups is 1. The Morgan fingerprint density at radius 3 is 2.93 bits per heavy atom. The molecule has 0 saturated carbocycles. The molecule has 0 unspecified atom stereocenters. The Bertz CT molecular complexity index is 1220. The van der Waals surface area contributed by atoms with Crippen LogP contribution < -0.4 is 5.32 Å². The van der Waals surface area contributed by atoms with Crippen LogP contribution in [-0.2, 0) is 18.4 Å². The van der Waals surface area contributed by atoms with Gasteiger partial charge in [0.1, 0.15) is 22.4 Å². The van der Waals surface area contributed by atoms with Crippen molar-refractivity contribution in [3.63, 3.8) is 0 Å². The molecule has 0 aliphatic rings. The number of anilines is 1. The molecule has 1 N–H and O–H groups in total. The van der Waals surface area contributed by atoms with Crippen molar-refractivity contribution >= 4 is 45.1 Å². The number of fused-ring (bicyclic) bond motifs is 1. The first-order valence-corrected chi connectivity index (χ1v) is 9.87. The average Bonchev–Trinajstić information content (AvgIpc) is 3.23. The van der Waals surface area contributed by atoms with Crippen LogP contribution in [0.1, 0.15) is 11.3 Å². The van der Waals surface area contributed by atoms with Gasteiger partial charge in [-0.2, -0.15) is 0 Å². The number of carbonyl (C=O) groups excluding carboxylic acids is 1. The van der Waals surface area contributed by atoms with Crippen LogP contribution in [-0.4, -0.2) is 20.6 Å². The Morgan fingerprint density at radius 2 is 2.14 bits per heavy atom. The molecule has 4 rings (SSSR count). The summed E-state index contributed by atoms with van der Waals surface area (Å²) < 4.78 is 20.5. The first-order chi connectivity index (χ1) is 13.9. The van der Waals surface area contributed by atoms with E-state index >= 15 is 0 Å². The number of hydrogen-bond donors (Lipinski definition) is 1. The molecule has 6 nitrogen and oxygen atoms in total. The van der Waals surface area contributed by atoms with E-state index < -0.39 is 11.9 Å². The monoisotopic (exact) mass is 430 g/mol. The maximum absolute atomic E-state index is 13.3. The standard InChI is InChI=1S/C20H16ClFN4O2S/c1-11-18(29-19(24-11)14-5-4-13(22)8-15(14)21)25-20(27)28-9-12-3-6-17-16(7-12)23-10-26(17)2/h3-8,10H,9H2,1-2H3,(H,25,27). The predicted octanol–water partition coefficient (Wildman–Crippen LogP) is 5.55. The summed E-state index contributed by atoms with van der Waals surface area (Å²) >= 11 is 7.34. The number of hydrogen-bond acceptors (Lipinski definition) is 5. The lowest BCUT2D eigenvalue weighted by Crippen LogP contribution is -2.13. The van der Waals surface area contributed by atoms with Gasteiger partial charge in [-0.15, -0.1) is 0 Å². The van der Waals surface area contributed by atoms with E-state index in [1.54, 1.807) is 19.3 Å². The maximum atomic E-state index is 13.3. The molecule has 1 amide bonds. The highest BCUT2D eigenvalue weighted by Gasteiger charge is 2.15. The Labute approximate surface area is 174 Å². The minimum atomic E-state index is -0.588. The van der Waals surface area contributed by atoms with Gasteiger partial charge in [0.25, 0.3) is 0 Å². The number of halogens is 2. The molecule has 0 radical (unpaired) electrons. The summed E-state index contributed by atoms with van der Waals surface area (Å²) in [5.41, 5.74) is 3.91. The molecule has 0 saturated heterocycles. The Kier molecular flexibility index (Phi) is 5.21. The zero-order chi connectivity index (χ0) is 20.5. The van der Waals surface area contributed by atoms with E-state index in [2.05, 4.69) is 15.3 Å². The van der Waals surface area contributed by atoms with Crippen molar-refractivity contribution in [3.05, 3.63) is 64.8 Å². The Morgan fingerprint density at radius 1 is 1.31 bits per heavy atom. The summed E-state index contributed by atoms with van der Waals surface area (Å²) in [7, 11) is 1.92. The van der Waals surface area contributed by atoms with Crippen LogP contribution in [0.15, 0.2) is 42.7 Å². The molecule has 0 spiro atoms. The second-order valence-electron chi connectivity index (χ2n) is 6.44. The molecule has 2 aromatic heterocycles. The SMILES string of the molecule is Cc1nc(-c2ccc(F)cc2Cl)sc1NC(=O)OCc1ccc2c(c1)ncn2C. The van der Waals surface area contributed by atoms with Gasteiger partial charge in [0, 0.05) is 12.6 Å². The van der Waals surface area contributed by atoms with E-state index in [0.717, 1.165) is 16.6 Å². The van der Waals surface area contributed by atoms with Crippen molar-refractivity contribution < 1.29 is 13.9 Å². The molecule has 4 aromatic rings. The van der Waals surface area contributed by atoms with Crippen molar-refractivity contribution in [2.24, 2.45) is 7.05 Å². The highest BCUT2D eigenvalue weighted by Crippen LogP contribution is 2.35. The summed E-state index contributed by atoms with van der Waals surface area (Å²) in [6.45, 7) is 1.88. The number of aryl methyl sites for hydroxylation is 2. The summed E-state index contributed by atoms with van der Waals surface area (Å²) in [6.07, 6.45) is 1.15. The molecular weight excluding hydrogens is 415 g/mol. The van der Waals surface area contributed by atoms with Gasteiger partial charge in [0.15, 0.2) is 0 Å². The van der Waals surface area contributed by atoms with E-state index in [1.165, 1.54) is 23.5 Å². The van der Waals surface area contributed by atoms with Crippen molar-refractivity contribution in [1.29, 1.82) is 0 Å². The molecule has 0 fully saturated rings. The van der Waals surface area contributed by atoms with Gasteiger partial charge in [-0.1, -0.05) is 29.0 Å². The summed E-state index contributed by atoms with van der Waals surface area (Å²) in [4.78, 5) is 20.9. The summed E-state index contributed by atoms with van der Waals surface area (Å²) in [6, 6.07) is 9.82. The molecule has 29 heavy (non-hydrogen) atoms. The number of ether oxygens (including phenoxy) is 1. The van der Waals surface area contributed by atoms with Crippen LogP contribution in [0.4, 0.5) is 14.2 Å². The molecule has 9 heteroatoms. The van der Waals surface area contributed by atoms with E-state index in [9.17, 15) is 9.18 Å². The molecule has 0 aliphatic carbocycles. The van der Waals surface area contributed by atoms with E-state index in [1.807, 2.05) is 29.8 Å². The van der Waals surface area contributed by atoms with Gasteiger partial charge >= 0.3 is 6.09 Å². The third-order valence-corrected chi connectivity index (χ3v) is 5.75. The maximum Gasteiger partial charge on any atom is 0.412 e. The first kappa shape index (κ1) is 19.4. The van der Waals surface area contributed by atoms with E-state index in [-0.39, 0.29) is 11.6 Å². The number of rotatable bonds is 4. The fourth-order valence-corrected chi connectivity index (χ4v) is 4.14. The predicted molar refractivity (Wildman–Crippen MR) is 112 cm³/mol. The lowest BCUT2D eigenvalue weighted by Gasteiger charge is -2.06. The Balaban J connectivity index is 1.43. The van der Waals surface area contributed by atoms with Crippen LogP contribution >= 0.6 is 22.9 Å². The van der Waals surface area contributed by atoms with Gasteiger partial charge in [0.05, 0.1) is 28.1 Å². The highest BCUT2D eigenvalue weighted by molar-refractivity contribution is 7.19. The second-order valence-corrected chi connectivity index (χ2v) is 7.84. The molecule has 0 aliphatic heterocycles. The van der Waals surface area contributed by atoms with Gasteiger partial charge in [-0.25, -0.2) is 19.2 Å². The molecule has 2 aromatic carbocycles. The number of nitrogens with zero attached hydrogens (tertiary/aromatic N) is 3. The highest BCUT2D eigenvalue weighted by atomic mass is 35.5. The summed E-state index contributed by atoms with van der Waals surface area (Å²) in [5, 5.41) is 4.10. The largest absolute Gasteiger partial charge is 0.444 e. The number of imidazole rings is 1. The van der Waals surface area contributed by atoms with Crippen LogP contribution in [0.5, 0.6) is 0 Å². The molecule has 148 valence electrons. The number of thiazole rings is 1. The number of nitrogens with one attached hydrogen (secondary N) is 1. The van der Waals surface area contributed by atoms with Crippen molar-refractivity contribution in [1.82, 2.24) is 14.5 Å². The molecular formula is C20H16ClFN4O2S. The van der Waals surface area contributed by atoms with Gasteiger partial charge in [-0.3, -0.25) is 5.32 Å². The quantitative estimate of drug-likeness (QED) is 0.461. The van der Waals surface area contributed by atoms with Crippen LogP contribution in [0.2, 0.25) is 5.02 Å². The lowest BCUT2D eigenvalue weighted by molar-refractivity contribution is 0.155. The van der Waals surface area contributed by atoms with Gasteiger partial charge < -0.3 is 9.30 Å². The number of amides is 1. The third-order valence-electron chi connectivity index (χ3n) is 4.33. The fourth-order valence-electron chi connectivity index (χ4n) is 2.84. The first-order valence-electron chi connectivity index (χ1n) is 8.67. The molecule has 2 heterocycles. The topological polar surface area (TPSA) is 69.0 Å². The molecule has 0 atom stereocenters. The molecule has 0 bridgehead atoms. The van der Waals surface area contributed by atoms with Gasteiger partial charge in [-0.05, 0) is 42.8 Å². The van der Waals surface area contributed by atoms with E-state index in [4.69, 9.17) is 16.3 Å². The van der Waals surface area contributed by atoms with Crippen molar-refractivity contribution in [3.8, 4) is 10.6 Å². The van der Waals surface area contributed by atoms with Crippen LogP contribution in [0.3, 0.4) is 0 Å². The number of benzene rings is 2. The number of aromatic nitrogens is 3. The summed E-state index contributed by atoms with van der Waals surface area (Å²) in [5.74, 6) is -0.419. The third kappa shape index (κ3) is 4.08. The van der Waals surface area contributed by atoms with Crippen LogP contribution in [0.25, 0.3) is 21.6 Å². The lowest BCUT2D eigenvalue weighted by atomic mass is 10.2. The van der Waals surface area contributed by atoms with Crippen molar-refractivity contribution in [2.75, 3.05) is 5.32 Å².